The standard InChI is InChI=1S/C11H26N2O/c1-4-6-7-13(5-2)9-8-12(3)10-11-14/h14H,4-11H2,1-3H3. The van der Waals surface area contributed by atoms with E-state index in [1.807, 2.05) is 0 Å². The zero-order chi connectivity index (χ0) is 10.8. The number of aliphatic hydroxyl groups excluding tert-OH is 1. The molecule has 14 heavy (non-hydrogen) atoms. The molecule has 0 aliphatic carbocycles. The Morgan fingerprint density at radius 1 is 1.00 bits per heavy atom. The SMILES string of the molecule is CCCCN(CC)CCN(C)CCO. The molecule has 0 radical (unpaired) electrons. The highest BCUT2D eigenvalue weighted by molar-refractivity contribution is 4.59. The van der Waals surface area contributed by atoms with Crippen molar-refractivity contribution in [2.45, 2.75) is 26.7 Å². The van der Waals surface area contributed by atoms with Crippen LogP contribution in [0.5, 0.6) is 0 Å². The van der Waals surface area contributed by atoms with Crippen molar-refractivity contribution in [1.82, 2.24) is 9.80 Å². The molecule has 0 amide bonds. The minimum Gasteiger partial charge on any atom is -0.395 e. The molecule has 3 nitrogen and oxygen atoms in total. The van der Waals surface area contributed by atoms with E-state index in [2.05, 4.69) is 30.7 Å². The Labute approximate surface area is 88.7 Å². The van der Waals surface area contributed by atoms with Gasteiger partial charge in [-0.1, -0.05) is 20.3 Å². The predicted molar refractivity (Wildman–Crippen MR) is 61.6 cm³/mol. The second-order valence-corrected chi connectivity index (χ2v) is 3.81. The van der Waals surface area contributed by atoms with Crippen LogP contribution >= 0.6 is 0 Å². The summed E-state index contributed by atoms with van der Waals surface area (Å²) in [5.41, 5.74) is 0. The van der Waals surface area contributed by atoms with Crippen molar-refractivity contribution >= 4 is 0 Å². The molecule has 3 heteroatoms. The van der Waals surface area contributed by atoms with Crippen molar-refractivity contribution in [3.63, 3.8) is 0 Å². The highest BCUT2D eigenvalue weighted by atomic mass is 16.3. The van der Waals surface area contributed by atoms with Crippen LogP contribution in [0.3, 0.4) is 0 Å². The quantitative estimate of drug-likeness (QED) is 0.605. The summed E-state index contributed by atoms with van der Waals surface area (Å²) in [5.74, 6) is 0. The van der Waals surface area contributed by atoms with Gasteiger partial charge in [-0.15, -0.1) is 0 Å². The van der Waals surface area contributed by atoms with E-state index in [0.717, 1.165) is 26.2 Å². The summed E-state index contributed by atoms with van der Waals surface area (Å²) in [5, 5.41) is 8.75. The van der Waals surface area contributed by atoms with Crippen LogP contribution in [-0.4, -0.2) is 61.3 Å². The fourth-order valence-electron chi connectivity index (χ4n) is 1.40. The molecule has 0 fully saturated rings. The summed E-state index contributed by atoms with van der Waals surface area (Å²) in [4.78, 5) is 4.64. The number of rotatable bonds is 9. The first-order valence-corrected chi connectivity index (χ1v) is 5.76. The molecule has 0 heterocycles. The van der Waals surface area contributed by atoms with Gasteiger partial charge in [0.15, 0.2) is 0 Å². The maximum absolute atomic E-state index is 8.75. The largest absolute Gasteiger partial charge is 0.395 e. The molecule has 0 spiro atoms. The summed E-state index contributed by atoms with van der Waals surface area (Å²) in [6.07, 6.45) is 2.56. The second kappa shape index (κ2) is 9.44. The highest BCUT2D eigenvalue weighted by Gasteiger charge is 2.03. The van der Waals surface area contributed by atoms with Crippen LogP contribution in [0.2, 0.25) is 0 Å². The van der Waals surface area contributed by atoms with E-state index >= 15 is 0 Å². The lowest BCUT2D eigenvalue weighted by Crippen LogP contribution is -2.34. The van der Waals surface area contributed by atoms with E-state index in [4.69, 9.17) is 5.11 Å². The van der Waals surface area contributed by atoms with Gasteiger partial charge in [-0.2, -0.15) is 0 Å². The minimum atomic E-state index is 0.261. The van der Waals surface area contributed by atoms with Crippen molar-refractivity contribution in [3.05, 3.63) is 0 Å². The van der Waals surface area contributed by atoms with Crippen LogP contribution in [0.25, 0.3) is 0 Å². The molecule has 0 aliphatic heterocycles. The third kappa shape index (κ3) is 7.30. The first kappa shape index (κ1) is 13.9. The maximum atomic E-state index is 8.75. The zero-order valence-corrected chi connectivity index (χ0v) is 10.00. The van der Waals surface area contributed by atoms with E-state index in [1.165, 1.54) is 19.4 Å². The van der Waals surface area contributed by atoms with Gasteiger partial charge in [-0.3, -0.25) is 0 Å². The predicted octanol–water partition coefficient (Wildman–Crippen LogP) is 1.03. The monoisotopic (exact) mass is 202 g/mol. The molecular formula is C11H26N2O. The summed E-state index contributed by atoms with van der Waals surface area (Å²) in [6, 6.07) is 0. The van der Waals surface area contributed by atoms with E-state index in [-0.39, 0.29) is 6.61 Å². The Morgan fingerprint density at radius 3 is 2.21 bits per heavy atom. The minimum absolute atomic E-state index is 0.261. The fraction of sp³-hybridized carbons (Fsp3) is 1.00. The molecule has 86 valence electrons. The van der Waals surface area contributed by atoms with Crippen molar-refractivity contribution < 1.29 is 5.11 Å². The molecule has 0 saturated carbocycles. The number of hydrogen-bond donors (Lipinski definition) is 1. The highest BCUT2D eigenvalue weighted by Crippen LogP contribution is 1.95. The van der Waals surface area contributed by atoms with Gasteiger partial charge in [0.05, 0.1) is 6.61 Å². The summed E-state index contributed by atoms with van der Waals surface area (Å²) < 4.78 is 0. The van der Waals surface area contributed by atoms with E-state index in [1.54, 1.807) is 0 Å². The van der Waals surface area contributed by atoms with Crippen LogP contribution in [0.1, 0.15) is 26.7 Å². The fourth-order valence-corrected chi connectivity index (χ4v) is 1.40. The molecule has 0 atom stereocenters. The third-order valence-corrected chi connectivity index (χ3v) is 2.55. The number of unbranched alkanes of at least 4 members (excludes halogenated alkanes) is 1. The van der Waals surface area contributed by atoms with Crippen molar-refractivity contribution in [3.8, 4) is 0 Å². The molecule has 0 aromatic carbocycles. The van der Waals surface area contributed by atoms with Crippen molar-refractivity contribution in [2.75, 3.05) is 46.4 Å². The van der Waals surface area contributed by atoms with Gasteiger partial charge in [-0.05, 0) is 26.6 Å². The zero-order valence-electron chi connectivity index (χ0n) is 10.00. The molecule has 0 aromatic heterocycles. The molecule has 0 saturated heterocycles. The first-order valence-electron chi connectivity index (χ1n) is 5.76. The van der Waals surface area contributed by atoms with Crippen molar-refractivity contribution in [2.24, 2.45) is 0 Å². The average molecular weight is 202 g/mol. The average Bonchev–Trinajstić information content (AvgIpc) is 2.19. The summed E-state index contributed by atoms with van der Waals surface area (Å²) in [6.45, 7) is 9.99. The van der Waals surface area contributed by atoms with Gasteiger partial charge in [0.25, 0.3) is 0 Å². The van der Waals surface area contributed by atoms with Gasteiger partial charge < -0.3 is 14.9 Å². The lowest BCUT2D eigenvalue weighted by Gasteiger charge is -2.23. The molecule has 0 rings (SSSR count). The van der Waals surface area contributed by atoms with Gasteiger partial charge in [0, 0.05) is 19.6 Å². The number of aliphatic hydroxyl groups is 1. The Bertz CT molecular complexity index is 120. The molecule has 0 bridgehead atoms. The Hall–Kier alpha value is -0.120. The lowest BCUT2D eigenvalue weighted by molar-refractivity contribution is 0.192. The Kier molecular flexibility index (Phi) is 9.35. The Morgan fingerprint density at radius 2 is 1.71 bits per heavy atom. The summed E-state index contributed by atoms with van der Waals surface area (Å²) >= 11 is 0. The maximum Gasteiger partial charge on any atom is 0.0558 e. The molecule has 1 N–H and O–H groups in total. The van der Waals surface area contributed by atoms with E-state index in [0.29, 0.717) is 0 Å². The van der Waals surface area contributed by atoms with Crippen LogP contribution in [0, 0.1) is 0 Å². The van der Waals surface area contributed by atoms with Gasteiger partial charge in [0.2, 0.25) is 0 Å². The normalized spacial score (nSPS) is 11.6. The first-order chi connectivity index (χ1) is 6.74. The van der Waals surface area contributed by atoms with E-state index in [9.17, 15) is 0 Å². The third-order valence-electron chi connectivity index (χ3n) is 2.55. The molecular weight excluding hydrogens is 176 g/mol. The van der Waals surface area contributed by atoms with Crippen LogP contribution in [-0.2, 0) is 0 Å². The van der Waals surface area contributed by atoms with Gasteiger partial charge >= 0.3 is 0 Å². The number of likely N-dealkylation sites (N-methyl/N-ethyl adjacent to an activating group) is 2. The van der Waals surface area contributed by atoms with Crippen LogP contribution in [0.15, 0.2) is 0 Å². The second-order valence-electron chi connectivity index (χ2n) is 3.81. The van der Waals surface area contributed by atoms with Crippen LogP contribution < -0.4 is 0 Å². The van der Waals surface area contributed by atoms with E-state index < -0.39 is 0 Å². The van der Waals surface area contributed by atoms with Gasteiger partial charge in [-0.25, -0.2) is 0 Å². The number of nitrogens with zero attached hydrogens (tertiary/aromatic N) is 2. The lowest BCUT2D eigenvalue weighted by atomic mass is 10.3. The van der Waals surface area contributed by atoms with Crippen molar-refractivity contribution in [1.29, 1.82) is 0 Å². The van der Waals surface area contributed by atoms with Gasteiger partial charge in [0.1, 0.15) is 0 Å². The summed E-state index contributed by atoms with van der Waals surface area (Å²) in [7, 11) is 2.06. The topological polar surface area (TPSA) is 26.7 Å². The molecule has 0 aliphatic rings. The molecule has 0 unspecified atom stereocenters. The van der Waals surface area contributed by atoms with Crippen LogP contribution in [0.4, 0.5) is 0 Å². The number of hydrogen-bond acceptors (Lipinski definition) is 3. The smallest absolute Gasteiger partial charge is 0.0558 e. The molecule has 0 aromatic rings. The Balaban J connectivity index is 3.50.